The monoisotopic (exact) mass is 424 g/mol. The summed E-state index contributed by atoms with van der Waals surface area (Å²) < 4.78 is 33.4. The first-order valence-electron chi connectivity index (χ1n) is 10.0. The number of rotatable bonds is 6. The third-order valence-corrected chi connectivity index (χ3v) is 7.39. The SMILES string of the molecule is O=C(NCc1ccco1)C1CCN(S(=O)(=O)c2ccccc2-c2ccccc2)CC1. The van der Waals surface area contributed by atoms with Crippen LogP contribution in [0.1, 0.15) is 18.6 Å². The van der Waals surface area contributed by atoms with E-state index in [9.17, 15) is 13.2 Å². The molecule has 1 aromatic heterocycles. The average molecular weight is 425 g/mol. The summed E-state index contributed by atoms with van der Waals surface area (Å²) in [4.78, 5) is 12.7. The van der Waals surface area contributed by atoms with Crippen molar-refractivity contribution in [3.63, 3.8) is 0 Å². The number of carbonyl (C=O) groups excluding carboxylic acids is 1. The van der Waals surface area contributed by atoms with Gasteiger partial charge in [-0.1, -0.05) is 48.5 Å². The van der Waals surface area contributed by atoms with Gasteiger partial charge in [-0.25, -0.2) is 8.42 Å². The van der Waals surface area contributed by atoms with E-state index in [1.807, 2.05) is 42.5 Å². The summed E-state index contributed by atoms with van der Waals surface area (Å²) in [5.74, 6) is 0.435. The first kappa shape index (κ1) is 20.4. The Morgan fingerprint density at radius 1 is 0.967 bits per heavy atom. The van der Waals surface area contributed by atoms with Gasteiger partial charge in [0.1, 0.15) is 5.76 Å². The number of nitrogens with one attached hydrogen (secondary N) is 1. The zero-order chi connectivity index (χ0) is 21.0. The van der Waals surface area contributed by atoms with Crippen molar-refractivity contribution >= 4 is 15.9 Å². The summed E-state index contributed by atoms with van der Waals surface area (Å²) >= 11 is 0. The van der Waals surface area contributed by atoms with Crippen LogP contribution in [0.15, 0.2) is 82.3 Å². The second-order valence-electron chi connectivity index (χ2n) is 7.34. The molecular formula is C23H24N2O4S. The second-order valence-corrected chi connectivity index (χ2v) is 9.24. The molecule has 156 valence electrons. The van der Waals surface area contributed by atoms with Crippen LogP contribution in [0.3, 0.4) is 0 Å². The van der Waals surface area contributed by atoms with Crippen molar-refractivity contribution in [3.05, 3.63) is 78.8 Å². The normalized spacial score (nSPS) is 15.7. The fourth-order valence-electron chi connectivity index (χ4n) is 3.78. The van der Waals surface area contributed by atoms with Crippen LogP contribution in [0.2, 0.25) is 0 Å². The summed E-state index contributed by atoms with van der Waals surface area (Å²) in [6.45, 7) is 0.989. The van der Waals surface area contributed by atoms with E-state index in [0.717, 1.165) is 5.56 Å². The van der Waals surface area contributed by atoms with E-state index in [2.05, 4.69) is 5.32 Å². The lowest BCUT2D eigenvalue weighted by atomic mass is 9.97. The summed E-state index contributed by atoms with van der Waals surface area (Å²) in [5.41, 5.74) is 1.56. The Kier molecular flexibility index (Phi) is 6.01. The largest absolute Gasteiger partial charge is 0.467 e. The highest BCUT2D eigenvalue weighted by Gasteiger charge is 2.33. The van der Waals surface area contributed by atoms with Gasteiger partial charge >= 0.3 is 0 Å². The topological polar surface area (TPSA) is 79.6 Å². The predicted octanol–water partition coefficient (Wildman–Crippen LogP) is 3.66. The Balaban J connectivity index is 1.44. The Morgan fingerprint density at radius 3 is 2.37 bits per heavy atom. The van der Waals surface area contributed by atoms with Crippen LogP contribution in [0.4, 0.5) is 0 Å². The molecule has 1 saturated heterocycles. The molecule has 1 fully saturated rings. The number of carbonyl (C=O) groups is 1. The molecule has 4 rings (SSSR count). The Morgan fingerprint density at radius 2 is 1.67 bits per heavy atom. The second kappa shape index (κ2) is 8.85. The van der Waals surface area contributed by atoms with Crippen LogP contribution in [0.5, 0.6) is 0 Å². The van der Waals surface area contributed by atoms with Crippen LogP contribution < -0.4 is 5.32 Å². The van der Waals surface area contributed by atoms with Gasteiger partial charge in [0.2, 0.25) is 15.9 Å². The van der Waals surface area contributed by atoms with Gasteiger partial charge in [-0.05, 0) is 36.6 Å². The number of benzene rings is 2. The lowest BCUT2D eigenvalue weighted by molar-refractivity contribution is -0.126. The Hall–Kier alpha value is -2.90. The fraction of sp³-hybridized carbons (Fsp3) is 0.261. The minimum atomic E-state index is -3.65. The van der Waals surface area contributed by atoms with Gasteiger partial charge < -0.3 is 9.73 Å². The van der Waals surface area contributed by atoms with Crippen molar-refractivity contribution in [2.24, 2.45) is 5.92 Å². The number of piperidine rings is 1. The van der Waals surface area contributed by atoms with Crippen molar-refractivity contribution in [2.45, 2.75) is 24.3 Å². The number of amides is 1. The van der Waals surface area contributed by atoms with E-state index >= 15 is 0 Å². The quantitative estimate of drug-likeness (QED) is 0.655. The molecule has 3 aromatic rings. The van der Waals surface area contributed by atoms with E-state index in [1.165, 1.54) is 4.31 Å². The van der Waals surface area contributed by atoms with Gasteiger partial charge in [0.05, 0.1) is 17.7 Å². The van der Waals surface area contributed by atoms with E-state index in [-0.39, 0.29) is 11.8 Å². The van der Waals surface area contributed by atoms with E-state index < -0.39 is 10.0 Å². The van der Waals surface area contributed by atoms with Gasteiger partial charge in [-0.15, -0.1) is 0 Å². The van der Waals surface area contributed by atoms with Crippen LogP contribution in [0, 0.1) is 5.92 Å². The first-order valence-corrected chi connectivity index (χ1v) is 11.4. The minimum Gasteiger partial charge on any atom is -0.467 e. The standard InChI is InChI=1S/C23H24N2O4S/c26-23(24-17-20-9-6-16-29-20)19-12-14-25(15-13-19)30(27,28)22-11-5-4-10-21(22)18-7-2-1-3-8-18/h1-11,16,19H,12-15,17H2,(H,24,26). The predicted molar refractivity (Wildman–Crippen MR) is 114 cm³/mol. The number of hydrogen-bond donors (Lipinski definition) is 1. The molecule has 0 spiro atoms. The molecular weight excluding hydrogens is 400 g/mol. The summed E-state index contributed by atoms with van der Waals surface area (Å²) in [6, 6.07) is 20.2. The highest BCUT2D eigenvalue weighted by molar-refractivity contribution is 7.89. The summed E-state index contributed by atoms with van der Waals surface area (Å²) in [7, 11) is -3.65. The van der Waals surface area contributed by atoms with E-state index in [0.29, 0.717) is 48.7 Å². The molecule has 7 heteroatoms. The van der Waals surface area contributed by atoms with Crippen molar-refractivity contribution < 1.29 is 17.6 Å². The Labute approximate surface area is 176 Å². The maximum Gasteiger partial charge on any atom is 0.243 e. The van der Waals surface area contributed by atoms with Gasteiger partial charge in [0.15, 0.2) is 0 Å². The number of hydrogen-bond acceptors (Lipinski definition) is 4. The molecule has 0 radical (unpaired) electrons. The van der Waals surface area contributed by atoms with Gasteiger partial charge in [0.25, 0.3) is 0 Å². The van der Waals surface area contributed by atoms with Crippen LogP contribution in [-0.4, -0.2) is 31.7 Å². The van der Waals surface area contributed by atoms with Crippen molar-refractivity contribution in [2.75, 3.05) is 13.1 Å². The molecule has 6 nitrogen and oxygen atoms in total. The molecule has 0 bridgehead atoms. The van der Waals surface area contributed by atoms with Crippen LogP contribution in [0.25, 0.3) is 11.1 Å². The maximum atomic E-state index is 13.4. The van der Waals surface area contributed by atoms with E-state index in [4.69, 9.17) is 4.42 Å². The molecule has 2 aromatic carbocycles. The minimum absolute atomic E-state index is 0.0619. The first-order chi connectivity index (χ1) is 14.6. The molecule has 2 heterocycles. The summed E-state index contributed by atoms with van der Waals surface area (Å²) in [6.07, 6.45) is 2.56. The highest BCUT2D eigenvalue weighted by atomic mass is 32.2. The molecule has 0 atom stereocenters. The smallest absolute Gasteiger partial charge is 0.243 e. The zero-order valence-corrected chi connectivity index (χ0v) is 17.3. The molecule has 1 N–H and O–H groups in total. The van der Waals surface area contributed by atoms with Gasteiger partial charge in [0, 0.05) is 24.6 Å². The number of nitrogens with zero attached hydrogens (tertiary/aromatic N) is 1. The third kappa shape index (κ3) is 4.32. The number of sulfonamides is 1. The molecule has 1 aliphatic rings. The average Bonchev–Trinajstić information content (AvgIpc) is 3.32. The van der Waals surface area contributed by atoms with Crippen LogP contribution in [-0.2, 0) is 21.4 Å². The molecule has 1 amide bonds. The molecule has 1 aliphatic heterocycles. The lowest BCUT2D eigenvalue weighted by Gasteiger charge is -2.31. The van der Waals surface area contributed by atoms with Gasteiger partial charge in [-0.3, -0.25) is 4.79 Å². The molecule has 0 unspecified atom stereocenters. The molecule has 0 saturated carbocycles. The highest BCUT2D eigenvalue weighted by Crippen LogP contribution is 2.31. The van der Waals surface area contributed by atoms with E-state index in [1.54, 1.807) is 30.5 Å². The molecule has 30 heavy (non-hydrogen) atoms. The summed E-state index contributed by atoms with van der Waals surface area (Å²) in [5, 5.41) is 2.87. The zero-order valence-electron chi connectivity index (χ0n) is 16.5. The molecule has 0 aliphatic carbocycles. The van der Waals surface area contributed by atoms with Gasteiger partial charge in [-0.2, -0.15) is 4.31 Å². The van der Waals surface area contributed by atoms with Crippen molar-refractivity contribution in [1.29, 1.82) is 0 Å². The lowest BCUT2D eigenvalue weighted by Crippen LogP contribution is -2.42. The fourth-order valence-corrected chi connectivity index (χ4v) is 5.46. The van der Waals surface area contributed by atoms with Crippen molar-refractivity contribution in [1.82, 2.24) is 9.62 Å². The van der Waals surface area contributed by atoms with Crippen LogP contribution >= 0.6 is 0 Å². The third-order valence-electron chi connectivity index (χ3n) is 5.43. The maximum absolute atomic E-state index is 13.4. The number of furan rings is 1. The Bertz CT molecular complexity index is 1090. The van der Waals surface area contributed by atoms with Crippen molar-refractivity contribution in [3.8, 4) is 11.1 Å².